The van der Waals surface area contributed by atoms with Gasteiger partial charge in [0.1, 0.15) is 0 Å². The third-order valence-corrected chi connectivity index (χ3v) is 11.2. The smallest absolute Gasteiger partial charge is 0.258 e. The molecule has 21 heteroatoms. The molecule has 0 aromatic heterocycles. The maximum Gasteiger partial charge on any atom is 0.270 e. The van der Waals surface area contributed by atoms with Gasteiger partial charge in [0, 0.05) is 36.4 Å². The third kappa shape index (κ3) is 5.81. The highest BCUT2D eigenvalue weighted by Crippen LogP contribution is 2.30. The van der Waals surface area contributed by atoms with Gasteiger partial charge in [-0.3, -0.25) is 30.3 Å². The van der Waals surface area contributed by atoms with E-state index < -0.39 is 96.6 Å². The van der Waals surface area contributed by atoms with Gasteiger partial charge in [0.25, 0.3) is 17.1 Å². The number of benzene rings is 3. The monoisotopic (exact) mass is 642 g/mol. The predicted octanol–water partition coefficient (Wildman–Crippen LogP) is 1.67. The van der Waals surface area contributed by atoms with Crippen LogP contribution in [0.4, 0.5) is 17.1 Å². The van der Waals surface area contributed by atoms with Crippen LogP contribution in [-0.4, -0.2) is 72.9 Å². The highest BCUT2D eigenvalue weighted by molar-refractivity contribution is 7.90. The Kier molecular flexibility index (Phi) is 8.08. The van der Waals surface area contributed by atoms with Gasteiger partial charge in [-0.25, -0.2) is 25.3 Å². The molecule has 0 radical (unpaired) electrons. The first-order valence-corrected chi connectivity index (χ1v) is 15.6. The molecule has 0 spiro atoms. The van der Waals surface area contributed by atoms with Crippen LogP contribution in [0.25, 0.3) is 0 Å². The van der Waals surface area contributed by atoms with E-state index in [-0.39, 0.29) is 0 Å². The summed E-state index contributed by atoms with van der Waals surface area (Å²) >= 11 is 0. The van der Waals surface area contributed by atoms with E-state index in [1.165, 1.54) is 0 Å². The molecule has 1 heterocycles. The summed E-state index contributed by atoms with van der Waals surface area (Å²) in [7, 11) is -14.4. The van der Waals surface area contributed by atoms with E-state index >= 15 is 0 Å². The Balaban J connectivity index is 1.84. The molecule has 0 N–H and O–H groups in total. The van der Waals surface area contributed by atoms with E-state index in [4.69, 9.17) is 0 Å². The second kappa shape index (κ2) is 11.1. The van der Waals surface area contributed by atoms with Crippen molar-refractivity contribution in [2.45, 2.75) is 14.7 Å². The lowest BCUT2D eigenvalue weighted by molar-refractivity contribution is -0.385. The van der Waals surface area contributed by atoms with Crippen molar-refractivity contribution >= 4 is 47.1 Å². The third-order valence-electron chi connectivity index (χ3n) is 5.95. The summed E-state index contributed by atoms with van der Waals surface area (Å²) in [6.07, 6.45) is 0. The van der Waals surface area contributed by atoms with E-state index in [1.54, 1.807) is 0 Å². The topological polar surface area (TPSA) is 242 Å². The van der Waals surface area contributed by atoms with Crippen molar-refractivity contribution < 1.29 is 40.0 Å². The van der Waals surface area contributed by atoms with Crippen LogP contribution in [0.2, 0.25) is 0 Å². The molecule has 0 saturated carbocycles. The minimum absolute atomic E-state index is 0.416. The minimum atomic E-state index is -4.81. The first kappa shape index (κ1) is 30.5. The van der Waals surface area contributed by atoms with Crippen LogP contribution in [0.1, 0.15) is 0 Å². The summed E-state index contributed by atoms with van der Waals surface area (Å²) in [5.41, 5.74) is -1.85. The van der Waals surface area contributed by atoms with Crippen molar-refractivity contribution in [3.8, 4) is 0 Å². The Bertz CT molecular complexity index is 1700. The predicted molar refractivity (Wildman–Crippen MR) is 141 cm³/mol. The van der Waals surface area contributed by atoms with Gasteiger partial charge in [0.05, 0.1) is 49.5 Å². The lowest BCUT2D eigenvalue weighted by Crippen LogP contribution is -2.59. The minimum Gasteiger partial charge on any atom is -0.258 e. The van der Waals surface area contributed by atoms with Crippen molar-refractivity contribution in [1.29, 1.82) is 0 Å². The van der Waals surface area contributed by atoms with Crippen LogP contribution < -0.4 is 0 Å². The average molecular weight is 643 g/mol. The number of hydrogen-bond donors (Lipinski definition) is 0. The normalized spacial score (nSPS) is 15.7. The van der Waals surface area contributed by atoms with Gasteiger partial charge >= 0.3 is 0 Å². The molecule has 3 aromatic carbocycles. The largest absolute Gasteiger partial charge is 0.270 e. The van der Waals surface area contributed by atoms with Crippen LogP contribution in [0.3, 0.4) is 0 Å². The fraction of sp³-hybridized carbons (Fsp3) is 0.143. The number of nitro groups is 3. The number of non-ortho nitro benzene ring substituents is 3. The SMILES string of the molecule is O=[N+]([O-])c1cccc(S(=O)(=O)N2CN(S(=O)(=O)c3cccc([N+](=O)[O-])c3)CN(S(=O)(=O)c3cccc([N+](=O)[O-])c3)C2)c1. The van der Waals surface area contributed by atoms with E-state index in [0.717, 1.165) is 54.6 Å². The Morgan fingerprint density at radius 2 is 0.714 bits per heavy atom. The van der Waals surface area contributed by atoms with Crippen molar-refractivity contribution in [3.05, 3.63) is 103 Å². The molecule has 18 nitrogen and oxygen atoms in total. The number of sulfonamides is 3. The summed E-state index contributed by atoms with van der Waals surface area (Å²) in [5.74, 6) is 0. The average Bonchev–Trinajstić information content (AvgIpc) is 2.97. The van der Waals surface area contributed by atoms with Crippen molar-refractivity contribution in [2.75, 3.05) is 20.0 Å². The summed E-state index contributed by atoms with van der Waals surface area (Å²) in [5, 5.41) is 33.6. The molecular formula is C21H18N6O12S3. The van der Waals surface area contributed by atoms with Crippen LogP contribution in [0.5, 0.6) is 0 Å². The maximum atomic E-state index is 13.5. The summed E-state index contributed by atoms with van der Waals surface area (Å²) in [6.45, 7) is -2.97. The maximum absolute atomic E-state index is 13.5. The van der Waals surface area contributed by atoms with Gasteiger partial charge in [-0.15, -0.1) is 0 Å². The first-order chi connectivity index (χ1) is 19.5. The van der Waals surface area contributed by atoms with Gasteiger partial charge in [-0.2, -0.15) is 12.9 Å². The van der Waals surface area contributed by atoms with Crippen LogP contribution in [0.15, 0.2) is 87.5 Å². The molecular weight excluding hydrogens is 624 g/mol. The fourth-order valence-corrected chi connectivity index (χ4v) is 8.26. The summed E-state index contributed by atoms with van der Waals surface area (Å²) in [6, 6.07) is 11.2. The number of nitrogens with zero attached hydrogens (tertiary/aromatic N) is 6. The Morgan fingerprint density at radius 3 is 0.929 bits per heavy atom. The van der Waals surface area contributed by atoms with Crippen molar-refractivity contribution in [2.24, 2.45) is 0 Å². The van der Waals surface area contributed by atoms with Crippen LogP contribution >= 0.6 is 0 Å². The van der Waals surface area contributed by atoms with Crippen LogP contribution in [-0.2, 0) is 30.1 Å². The first-order valence-electron chi connectivity index (χ1n) is 11.3. The standard InChI is InChI=1S/C21H18N6O12S3/c28-25(29)16-4-1-7-19(10-16)40(34,35)22-13-23(41(36,37)20-8-2-5-17(11-20)26(30)31)15-24(14-22)42(38,39)21-9-3-6-18(12-21)27(32)33/h1-12H,13-15H2. The molecule has 0 bridgehead atoms. The number of nitro benzene ring substituents is 3. The second-order valence-corrected chi connectivity index (χ2v) is 14.4. The lowest BCUT2D eigenvalue weighted by atomic mass is 10.3. The van der Waals surface area contributed by atoms with Gasteiger partial charge in [-0.05, 0) is 18.2 Å². The number of hydrogen-bond acceptors (Lipinski definition) is 12. The van der Waals surface area contributed by atoms with E-state index in [2.05, 4.69) is 0 Å². The summed E-state index contributed by atoms with van der Waals surface area (Å²) in [4.78, 5) is 29.1. The molecule has 1 aliphatic heterocycles. The van der Waals surface area contributed by atoms with E-state index in [0.29, 0.717) is 31.1 Å². The quantitative estimate of drug-likeness (QED) is 0.239. The number of rotatable bonds is 9. The molecule has 0 amide bonds. The van der Waals surface area contributed by atoms with Crippen molar-refractivity contribution in [3.63, 3.8) is 0 Å². The van der Waals surface area contributed by atoms with Gasteiger partial charge < -0.3 is 0 Å². The molecule has 4 rings (SSSR count). The van der Waals surface area contributed by atoms with E-state index in [1.807, 2.05) is 0 Å². The molecule has 0 unspecified atom stereocenters. The Morgan fingerprint density at radius 1 is 0.476 bits per heavy atom. The van der Waals surface area contributed by atoms with E-state index in [9.17, 15) is 55.6 Å². The molecule has 1 saturated heterocycles. The highest BCUT2D eigenvalue weighted by atomic mass is 32.2. The van der Waals surface area contributed by atoms with Crippen molar-refractivity contribution in [1.82, 2.24) is 12.9 Å². The van der Waals surface area contributed by atoms with Crippen LogP contribution in [0, 0.1) is 30.3 Å². The highest BCUT2D eigenvalue weighted by Gasteiger charge is 2.43. The van der Waals surface area contributed by atoms with Gasteiger partial charge in [0.15, 0.2) is 0 Å². The molecule has 1 aliphatic rings. The summed E-state index contributed by atoms with van der Waals surface area (Å²) < 4.78 is 82.5. The second-order valence-electron chi connectivity index (χ2n) is 8.56. The molecule has 1 fully saturated rings. The Hall–Kier alpha value is -4.41. The zero-order chi connectivity index (χ0) is 31.0. The zero-order valence-electron chi connectivity index (χ0n) is 20.9. The van der Waals surface area contributed by atoms with Gasteiger partial charge in [0.2, 0.25) is 30.1 Å². The molecule has 0 atom stereocenters. The Labute approximate surface area is 237 Å². The lowest BCUT2D eigenvalue weighted by Gasteiger charge is -2.39. The molecule has 222 valence electrons. The molecule has 0 aliphatic carbocycles. The van der Waals surface area contributed by atoms with Gasteiger partial charge in [-0.1, -0.05) is 18.2 Å². The fourth-order valence-electron chi connectivity index (χ4n) is 3.84. The zero-order valence-corrected chi connectivity index (χ0v) is 23.3. The molecule has 42 heavy (non-hydrogen) atoms. The molecule has 3 aromatic rings.